The van der Waals surface area contributed by atoms with E-state index in [0.717, 1.165) is 5.56 Å². The van der Waals surface area contributed by atoms with Crippen molar-refractivity contribution in [2.24, 2.45) is 0 Å². The molecular weight excluding hydrogens is 376 g/mol. The fourth-order valence-corrected chi connectivity index (χ4v) is 5.12. The summed E-state index contributed by atoms with van der Waals surface area (Å²) in [6.07, 6.45) is 1.04. The van der Waals surface area contributed by atoms with Gasteiger partial charge in [-0.05, 0) is 24.5 Å². The lowest BCUT2D eigenvalue weighted by atomic mass is 9.73. The first-order valence-electron chi connectivity index (χ1n) is 8.96. The predicted octanol–water partition coefficient (Wildman–Crippen LogP) is 2.18. The Kier molecular flexibility index (Phi) is 7.46. The van der Waals surface area contributed by atoms with E-state index in [2.05, 4.69) is 5.32 Å². The molecule has 0 aliphatic carbocycles. The number of nitrogens with zero attached hydrogens (tertiary/aromatic N) is 1. The standard InChI is InChI=1S/C18H27ClN2O4S/c1-3-21(4-2)26(23,24)14-11-20-17(22)18(9-12-25-13-10-18)15-7-5-6-8-16(15)19/h5-8H,3-4,9-14H2,1-2H3,(H,20,22). The fraction of sp³-hybridized carbons (Fsp3) is 0.611. The monoisotopic (exact) mass is 402 g/mol. The Bertz CT molecular complexity index is 714. The molecule has 1 aliphatic rings. The van der Waals surface area contributed by atoms with Gasteiger partial charge in [0, 0.05) is 37.9 Å². The number of hydrogen-bond acceptors (Lipinski definition) is 4. The van der Waals surface area contributed by atoms with Crippen molar-refractivity contribution >= 4 is 27.5 Å². The van der Waals surface area contributed by atoms with Crippen LogP contribution in [0.3, 0.4) is 0 Å². The van der Waals surface area contributed by atoms with Crippen LogP contribution in [-0.2, 0) is 25.0 Å². The van der Waals surface area contributed by atoms with Crippen LogP contribution in [0, 0.1) is 0 Å². The Labute approximate surface area is 160 Å². The van der Waals surface area contributed by atoms with Crippen LogP contribution in [-0.4, -0.2) is 57.2 Å². The van der Waals surface area contributed by atoms with Crippen molar-refractivity contribution in [3.8, 4) is 0 Å². The Morgan fingerprint density at radius 2 is 1.85 bits per heavy atom. The van der Waals surface area contributed by atoms with Gasteiger partial charge in [-0.15, -0.1) is 0 Å². The highest BCUT2D eigenvalue weighted by Crippen LogP contribution is 2.38. The number of rotatable bonds is 8. The van der Waals surface area contributed by atoms with E-state index in [0.29, 0.717) is 44.2 Å². The summed E-state index contributed by atoms with van der Waals surface area (Å²) in [6, 6.07) is 7.32. The Morgan fingerprint density at radius 3 is 2.42 bits per heavy atom. The zero-order valence-electron chi connectivity index (χ0n) is 15.3. The molecule has 0 saturated carbocycles. The van der Waals surface area contributed by atoms with Crippen LogP contribution < -0.4 is 5.32 Å². The Morgan fingerprint density at radius 1 is 1.23 bits per heavy atom. The van der Waals surface area contributed by atoms with E-state index in [1.165, 1.54) is 4.31 Å². The minimum absolute atomic E-state index is 0.0741. The van der Waals surface area contributed by atoms with Gasteiger partial charge in [-0.3, -0.25) is 4.79 Å². The second kappa shape index (κ2) is 9.17. The highest BCUT2D eigenvalue weighted by Gasteiger charge is 2.42. The average Bonchev–Trinajstić information content (AvgIpc) is 2.63. The predicted molar refractivity (Wildman–Crippen MR) is 103 cm³/mol. The van der Waals surface area contributed by atoms with E-state index in [9.17, 15) is 13.2 Å². The van der Waals surface area contributed by atoms with Crippen molar-refractivity contribution in [3.05, 3.63) is 34.9 Å². The van der Waals surface area contributed by atoms with E-state index in [1.54, 1.807) is 19.9 Å². The summed E-state index contributed by atoms with van der Waals surface area (Å²) in [6.45, 7) is 5.46. The van der Waals surface area contributed by atoms with Gasteiger partial charge in [0.25, 0.3) is 0 Å². The lowest BCUT2D eigenvalue weighted by Crippen LogP contribution is -2.49. The lowest BCUT2D eigenvalue weighted by molar-refractivity contribution is -0.130. The van der Waals surface area contributed by atoms with Gasteiger partial charge in [-0.2, -0.15) is 0 Å². The highest BCUT2D eigenvalue weighted by molar-refractivity contribution is 7.89. The van der Waals surface area contributed by atoms with E-state index in [1.807, 2.05) is 18.2 Å². The molecule has 1 heterocycles. The maximum absolute atomic E-state index is 13.0. The number of ether oxygens (including phenoxy) is 1. The van der Waals surface area contributed by atoms with Crippen molar-refractivity contribution in [1.82, 2.24) is 9.62 Å². The molecule has 0 radical (unpaired) electrons. The summed E-state index contributed by atoms with van der Waals surface area (Å²) in [5.41, 5.74) is -0.00990. The van der Waals surface area contributed by atoms with Crippen molar-refractivity contribution in [2.75, 3.05) is 38.6 Å². The van der Waals surface area contributed by atoms with Gasteiger partial charge in [0.2, 0.25) is 15.9 Å². The number of hydrogen-bond donors (Lipinski definition) is 1. The molecule has 0 aromatic heterocycles. The van der Waals surface area contributed by atoms with Gasteiger partial charge < -0.3 is 10.1 Å². The quantitative estimate of drug-likeness (QED) is 0.723. The molecule has 1 amide bonds. The van der Waals surface area contributed by atoms with E-state index >= 15 is 0 Å². The maximum atomic E-state index is 13.0. The number of amides is 1. The number of nitrogens with one attached hydrogen (secondary N) is 1. The van der Waals surface area contributed by atoms with E-state index < -0.39 is 15.4 Å². The van der Waals surface area contributed by atoms with Gasteiger partial charge >= 0.3 is 0 Å². The molecule has 0 bridgehead atoms. The van der Waals surface area contributed by atoms with Gasteiger partial charge in [0.15, 0.2) is 0 Å². The van der Waals surface area contributed by atoms with Gasteiger partial charge in [0.05, 0.1) is 11.2 Å². The summed E-state index contributed by atoms with van der Waals surface area (Å²) < 4.78 is 31.4. The van der Waals surface area contributed by atoms with Crippen molar-refractivity contribution in [3.63, 3.8) is 0 Å². The molecule has 1 saturated heterocycles. The summed E-state index contributed by atoms with van der Waals surface area (Å²) >= 11 is 6.35. The molecule has 1 fully saturated rings. The summed E-state index contributed by atoms with van der Waals surface area (Å²) in [7, 11) is -3.37. The highest BCUT2D eigenvalue weighted by atomic mass is 35.5. The maximum Gasteiger partial charge on any atom is 0.230 e. The molecule has 8 heteroatoms. The molecule has 1 aromatic rings. The molecule has 1 aliphatic heterocycles. The largest absolute Gasteiger partial charge is 0.381 e. The minimum Gasteiger partial charge on any atom is -0.381 e. The van der Waals surface area contributed by atoms with Crippen molar-refractivity contribution < 1.29 is 17.9 Å². The molecule has 146 valence electrons. The van der Waals surface area contributed by atoms with E-state index in [4.69, 9.17) is 16.3 Å². The third-order valence-electron chi connectivity index (χ3n) is 4.91. The third kappa shape index (κ3) is 4.57. The molecule has 26 heavy (non-hydrogen) atoms. The normalized spacial score (nSPS) is 17.2. The van der Waals surface area contributed by atoms with Gasteiger partial charge in [0.1, 0.15) is 0 Å². The Hall–Kier alpha value is -1.15. The van der Waals surface area contributed by atoms with Crippen LogP contribution in [0.5, 0.6) is 0 Å². The van der Waals surface area contributed by atoms with Crippen LogP contribution >= 0.6 is 11.6 Å². The summed E-state index contributed by atoms with van der Waals surface area (Å²) in [4.78, 5) is 13.0. The van der Waals surface area contributed by atoms with Gasteiger partial charge in [-0.25, -0.2) is 12.7 Å². The topological polar surface area (TPSA) is 75.7 Å². The number of carbonyl (C=O) groups excluding carboxylic acids is 1. The number of halogens is 1. The number of benzene rings is 1. The lowest BCUT2D eigenvalue weighted by Gasteiger charge is -2.36. The van der Waals surface area contributed by atoms with Crippen LogP contribution in [0.4, 0.5) is 0 Å². The second-order valence-corrected chi connectivity index (χ2v) is 8.83. The number of carbonyl (C=O) groups is 1. The molecule has 0 unspecified atom stereocenters. The summed E-state index contributed by atoms with van der Waals surface area (Å²) in [5.74, 6) is -0.307. The third-order valence-corrected chi connectivity index (χ3v) is 7.27. The zero-order chi connectivity index (χ0) is 19.2. The van der Waals surface area contributed by atoms with Crippen LogP contribution in [0.1, 0.15) is 32.3 Å². The second-order valence-electron chi connectivity index (χ2n) is 6.33. The molecule has 1 N–H and O–H groups in total. The Balaban J connectivity index is 2.13. The summed E-state index contributed by atoms with van der Waals surface area (Å²) in [5, 5.41) is 3.36. The number of sulfonamides is 1. The molecule has 1 aromatic carbocycles. The van der Waals surface area contributed by atoms with Crippen molar-refractivity contribution in [1.29, 1.82) is 0 Å². The van der Waals surface area contributed by atoms with Gasteiger partial charge in [-0.1, -0.05) is 43.6 Å². The first-order chi connectivity index (χ1) is 12.4. The van der Waals surface area contributed by atoms with Crippen LogP contribution in [0.25, 0.3) is 0 Å². The fourth-order valence-electron chi connectivity index (χ4n) is 3.40. The molecule has 0 atom stereocenters. The SMILES string of the molecule is CCN(CC)S(=O)(=O)CCNC(=O)C1(c2ccccc2Cl)CCOCC1. The minimum atomic E-state index is -3.37. The molecule has 0 spiro atoms. The first-order valence-corrected chi connectivity index (χ1v) is 10.9. The zero-order valence-corrected chi connectivity index (χ0v) is 16.9. The molecule has 6 nitrogen and oxygen atoms in total. The van der Waals surface area contributed by atoms with Crippen LogP contribution in [0.15, 0.2) is 24.3 Å². The molecule has 2 rings (SSSR count). The van der Waals surface area contributed by atoms with E-state index in [-0.39, 0.29) is 18.2 Å². The smallest absolute Gasteiger partial charge is 0.230 e. The molecular formula is C18H27ClN2O4S. The average molecular weight is 403 g/mol. The van der Waals surface area contributed by atoms with Crippen LogP contribution in [0.2, 0.25) is 5.02 Å². The van der Waals surface area contributed by atoms with Crippen molar-refractivity contribution in [2.45, 2.75) is 32.1 Å². The first kappa shape index (κ1) is 21.2.